The lowest BCUT2D eigenvalue weighted by Gasteiger charge is -2.39. The molecule has 2 aliphatic heterocycles. The molecule has 2 aliphatic rings. The number of nitrogens with one attached hydrogen (secondary N) is 1. The van der Waals surface area contributed by atoms with Crippen LogP contribution in [-0.4, -0.2) is 72.3 Å². The van der Waals surface area contributed by atoms with Crippen LogP contribution in [0.2, 0.25) is 0 Å². The summed E-state index contributed by atoms with van der Waals surface area (Å²) in [4.78, 5) is 27.1. The minimum Gasteiger partial charge on any atom is -0.493 e. The van der Waals surface area contributed by atoms with Crippen molar-refractivity contribution in [3.8, 4) is 5.75 Å². The predicted octanol–water partition coefficient (Wildman–Crippen LogP) is 3.62. The summed E-state index contributed by atoms with van der Waals surface area (Å²) in [6.07, 6.45) is 2.39. The standard InChI is InChI=1S/C26H37F3N5O3/c1-16(2)23(31)32-25(36)33-9-6-18(7-10-33)17(3)8-11-37-20-5-4-19(21(27)13-20)12-22(30)24(35)34-14-26(28,29)15-34/h4-5,13,16-18,22H,6-12,14-15,30H2,1-3H3,(H-,31,32,36)/q-1/t17-,22+/m1/s1. The number of halogens is 3. The first kappa shape index (κ1) is 28.7. The van der Waals surface area contributed by atoms with Gasteiger partial charge in [0, 0.05) is 19.2 Å². The fraction of sp³-hybridized carbons (Fsp3) is 0.654. The van der Waals surface area contributed by atoms with Gasteiger partial charge in [-0.05, 0) is 55.1 Å². The van der Waals surface area contributed by atoms with E-state index in [1.807, 2.05) is 0 Å². The van der Waals surface area contributed by atoms with Crippen molar-refractivity contribution in [1.82, 2.24) is 15.1 Å². The van der Waals surface area contributed by atoms with E-state index in [4.69, 9.17) is 10.5 Å². The zero-order chi connectivity index (χ0) is 27.3. The highest BCUT2D eigenvalue weighted by Gasteiger charge is 2.47. The Morgan fingerprint density at radius 3 is 2.41 bits per heavy atom. The number of benzene rings is 1. The molecule has 0 aromatic heterocycles. The molecule has 0 bridgehead atoms. The average Bonchev–Trinajstić information content (AvgIpc) is 2.83. The number of amides is 3. The van der Waals surface area contributed by atoms with Crippen LogP contribution in [0.15, 0.2) is 18.2 Å². The number of nitrogens with two attached hydrogens (primary N) is 1. The van der Waals surface area contributed by atoms with Crippen molar-refractivity contribution in [3.63, 3.8) is 0 Å². The SMILES string of the molecule is CC(C)C(=[N-])NC(=O)N1CCC([C@H](C)CCOc2ccc(C[C@H](N)C(=O)N3CC(F)(F)C3)c(F)c2)CC1. The van der Waals surface area contributed by atoms with E-state index < -0.39 is 36.8 Å². The molecule has 3 amide bonds. The number of ether oxygens (including phenoxy) is 1. The molecule has 0 saturated carbocycles. The quantitative estimate of drug-likeness (QED) is 0.380. The zero-order valence-corrected chi connectivity index (χ0v) is 21.7. The largest absolute Gasteiger partial charge is 0.493 e. The first-order chi connectivity index (χ1) is 17.4. The van der Waals surface area contributed by atoms with Crippen LogP contribution >= 0.6 is 0 Å². The minimum atomic E-state index is -2.87. The number of hydrogen-bond acceptors (Lipinski definition) is 4. The van der Waals surface area contributed by atoms with E-state index in [1.54, 1.807) is 24.8 Å². The van der Waals surface area contributed by atoms with Gasteiger partial charge in [0.25, 0.3) is 5.92 Å². The third-order valence-electron chi connectivity index (χ3n) is 7.19. The van der Waals surface area contributed by atoms with Crippen molar-refractivity contribution in [2.24, 2.45) is 23.5 Å². The molecule has 37 heavy (non-hydrogen) atoms. The molecule has 0 aliphatic carbocycles. The molecular weight excluding hydrogens is 487 g/mol. The van der Waals surface area contributed by atoms with Crippen LogP contribution < -0.4 is 15.8 Å². The first-order valence-electron chi connectivity index (χ1n) is 12.8. The maximum atomic E-state index is 14.6. The summed E-state index contributed by atoms with van der Waals surface area (Å²) in [5, 5.41) is 12.3. The Balaban J connectivity index is 1.38. The van der Waals surface area contributed by atoms with Gasteiger partial charge in [-0.2, -0.15) is 0 Å². The lowest BCUT2D eigenvalue weighted by Crippen LogP contribution is -2.62. The number of rotatable bonds is 9. The lowest BCUT2D eigenvalue weighted by molar-refractivity contribution is -0.166. The third-order valence-corrected chi connectivity index (χ3v) is 7.19. The second kappa shape index (κ2) is 12.1. The second-order valence-corrected chi connectivity index (χ2v) is 10.5. The molecular formula is C26H37F3N5O3-. The van der Waals surface area contributed by atoms with E-state index in [-0.39, 0.29) is 29.8 Å². The summed E-state index contributed by atoms with van der Waals surface area (Å²) in [6.45, 7) is 6.07. The van der Waals surface area contributed by atoms with E-state index in [9.17, 15) is 28.2 Å². The number of nitrogens with zero attached hydrogens (tertiary/aromatic N) is 3. The van der Waals surface area contributed by atoms with E-state index in [0.717, 1.165) is 24.2 Å². The molecule has 0 radical (unpaired) electrons. The molecule has 3 N–H and O–H groups in total. The number of amidine groups is 1. The van der Waals surface area contributed by atoms with Crippen LogP contribution in [0, 0.1) is 23.6 Å². The minimum absolute atomic E-state index is 0.0301. The molecule has 8 nitrogen and oxygen atoms in total. The number of urea groups is 1. The van der Waals surface area contributed by atoms with Crippen molar-refractivity contribution in [2.45, 2.75) is 58.4 Å². The van der Waals surface area contributed by atoms with Crippen molar-refractivity contribution in [1.29, 1.82) is 0 Å². The second-order valence-electron chi connectivity index (χ2n) is 10.5. The predicted molar refractivity (Wildman–Crippen MR) is 135 cm³/mol. The number of carbonyl (C=O) groups excluding carboxylic acids is 2. The number of likely N-dealkylation sites (tertiary alicyclic amines) is 2. The van der Waals surface area contributed by atoms with E-state index >= 15 is 0 Å². The topological polar surface area (TPSA) is 110 Å². The van der Waals surface area contributed by atoms with Crippen molar-refractivity contribution >= 4 is 17.8 Å². The smallest absolute Gasteiger partial charge is 0.282 e. The van der Waals surface area contributed by atoms with Gasteiger partial charge in [-0.1, -0.05) is 32.7 Å². The molecule has 2 atom stereocenters. The Morgan fingerprint density at radius 2 is 1.84 bits per heavy atom. The van der Waals surface area contributed by atoms with Crippen LogP contribution in [0.1, 0.15) is 45.6 Å². The van der Waals surface area contributed by atoms with Crippen LogP contribution in [0.3, 0.4) is 0 Å². The normalized spacial score (nSPS) is 19.2. The summed E-state index contributed by atoms with van der Waals surface area (Å²) < 4.78 is 46.2. The molecule has 206 valence electrons. The molecule has 1 aromatic rings. The lowest BCUT2D eigenvalue weighted by atomic mass is 9.84. The van der Waals surface area contributed by atoms with Gasteiger partial charge in [-0.25, -0.2) is 13.2 Å². The summed E-state index contributed by atoms with van der Waals surface area (Å²) in [7, 11) is 0. The van der Waals surface area contributed by atoms with Gasteiger partial charge in [0.2, 0.25) is 11.9 Å². The van der Waals surface area contributed by atoms with Crippen LogP contribution in [0.4, 0.5) is 18.0 Å². The van der Waals surface area contributed by atoms with E-state index in [1.165, 1.54) is 12.1 Å². The van der Waals surface area contributed by atoms with Crippen LogP contribution in [-0.2, 0) is 11.2 Å². The Morgan fingerprint density at radius 1 is 1.19 bits per heavy atom. The number of piperidine rings is 1. The molecule has 0 unspecified atom stereocenters. The number of hydrogen-bond donors (Lipinski definition) is 2. The van der Waals surface area contributed by atoms with E-state index in [2.05, 4.69) is 12.2 Å². The summed E-state index contributed by atoms with van der Waals surface area (Å²) >= 11 is 0. The monoisotopic (exact) mass is 524 g/mol. The van der Waals surface area contributed by atoms with Crippen molar-refractivity contribution < 1.29 is 27.5 Å². The van der Waals surface area contributed by atoms with Gasteiger partial charge in [0.15, 0.2) is 0 Å². The van der Waals surface area contributed by atoms with Gasteiger partial charge in [0.05, 0.1) is 25.7 Å². The van der Waals surface area contributed by atoms with Gasteiger partial charge in [-0.3, -0.25) is 9.59 Å². The maximum absolute atomic E-state index is 14.6. The first-order valence-corrected chi connectivity index (χ1v) is 12.8. The summed E-state index contributed by atoms with van der Waals surface area (Å²) in [5.41, 5.74) is 6.05. The Bertz CT molecular complexity index is 974. The van der Waals surface area contributed by atoms with Gasteiger partial charge >= 0.3 is 0 Å². The third kappa shape index (κ3) is 7.83. The van der Waals surface area contributed by atoms with Gasteiger partial charge in [-0.15, -0.1) is 0 Å². The molecule has 2 saturated heterocycles. The van der Waals surface area contributed by atoms with Crippen molar-refractivity contribution in [3.05, 3.63) is 35.0 Å². The summed E-state index contributed by atoms with van der Waals surface area (Å²) in [5.74, 6) is -3.07. The molecule has 1 aromatic carbocycles. The Kier molecular flexibility index (Phi) is 9.44. The molecule has 11 heteroatoms. The Labute approximate surface area is 216 Å². The average molecular weight is 525 g/mol. The van der Waals surface area contributed by atoms with Crippen LogP contribution in [0.5, 0.6) is 5.75 Å². The maximum Gasteiger partial charge on any atom is 0.282 e. The zero-order valence-electron chi connectivity index (χ0n) is 21.7. The Hall–Kier alpha value is -2.82. The number of carbonyl (C=O) groups is 2. The van der Waals surface area contributed by atoms with Crippen molar-refractivity contribution in [2.75, 3.05) is 32.8 Å². The molecule has 0 spiro atoms. The fourth-order valence-corrected chi connectivity index (χ4v) is 4.61. The fourth-order valence-electron chi connectivity index (χ4n) is 4.61. The highest BCUT2D eigenvalue weighted by molar-refractivity contribution is 6.00. The van der Waals surface area contributed by atoms with Gasteiger partial charge in [0.1, 0.15) is 11.6 Å². The van der Waals surface area contributed by atoms with Gasteiger partial charge < -0.3 is 31.0 Å². The highest BCUT2D eigenvalue weighted by atomic mass is 19.3. The number of alkyl halides is 2. The summed E-state index contributed by atoms with van der Waals surface area (Å²) in [6, 6.07) is 2.99. The van der Waals surface area contributed by atoms with E-state index in [0.29, 0.717) is 37.3 Å². The van der Waals surface area contributed by atoms with Crippen LogP contribution in [0.25, 0.3) is 5.41 Å². The molecule has 3 rings (SSSR count). The molecule has 2 heterocycles. The molecule has 2 fully saturated rings. The highest BCUT2D eigenvalue weighted by Crippen LogP contribution is 2.29.